The highest BCUT2D eigenvalue weighted by Gasteiger charge is 2.38. The summed E-state index contributed by atoms with van der Waals surface area (Å²) in [4.78, 5) is 13.1. The largest absolute Gasteiger partial charge is 0.459 e. The van der Waals surface area contributed by atoms with Crippen LogP contribution < -0.4 is 5.32 Å². The summed E-state index contributed by atoms with van der Waals surface area (Å²) in [6.45, 7) is 2.68. The molecular formula is C31H32FNO4. The molecule has 0 aromatic heterocycles. The third kappa shape index (κ3) is 5.45. The van der Waals surface area contributed by atoms with Crippen molar-refractivity contribution in [2.75, 3.05) is 13.2 Å². The number of carbonyl (C=O) groups excluding carboxylic acids is 1. The first-order chi connectivity index (χ1) is 18.1. The molecule has 3 aromatic carbocycles. The van der Waals surface area contributed by atoms with Gasteiger partial charge in [0.05, 0.1) is 0 Å². The zero-order chi connectivity index (χ0) is 25.8. The monoisotopic (exact) mass is 501 g/mol. The Kier molecular flexibility index (Phi) is 7.68. The predicted molar refractivity (Wildman–Crippen MR) is 140 cm³/mol. The van der Waals surface area contributed by atoms with Crippen molar-refractivity contribution in [3.05, 3.63) is 107 Å². The van der Waals surface area contributed by atoms with E-state index in [2.05, 4.69) is 47.8 Å². The zero-order valence-electron chi connectivity index (χ0n) is 21.0. The van der Waals surface area contributed by atoms with Gasteiger partial charge in [-0.2, -0.15) is 0 Å². The summed E-state index contributed by atoms with van der Waals surface area (Å²) >= 11 is 0. The second-order valence-corrected chi connectivity index (χ2v) is 9.59. The van der Waals surface area contributed by atoms with Crippen molar-refractivity contribution in [1.29, 1.82) is 0 Å². The second-order valence-electron chi connectivity index (χ2n) is 9.59. The van der Waals surface area contributed by atoms with Gasteiger partial charge in [0.15, 0.2) is 5.76 Å². The van der Waals surface area contributed by atoms with Gasteiger partial charge in [-0.1, -0.05) is 54.6 Å². The van der Waals surface area contributed by atoms with Gasteiger partial charge in [0.1, 0.15) is 5.82 Å². The van der Waals surface area contributed by atoms with Crippen LogP contribution >= 0.6 is 0 Å². The number of ether oxygens (including phenoxy) is 2. The number of hydrogen-bond donors (Lipinski definition) is 2. The van der Waals surface area contributed by atoms with E-state index < -0.39 is 6.29 Å². The van der Waals surface area contributed by atoms with Crippen molar-refractivity contribution in [2.45, 2.75) is 44.9 Å². The Morgan fingerprint density at radius 2 is 1.86 bits per heavy atom. The molecule has 37 heavy (non-hydrogen) atoms. The first-order valence-electron chi connectivity index (χ1n) is 12.9. The third-order valence-corrected chi connectivity index (χ3v) is 7.20. The number of hydrogen-bond acceptors (Lipinski definition) is 4. The molecule has 0 saturated heterocycles. The van der Waals surface area contributed by atoms with Crippen molar-refractivity contribution in [2.24, 2.45) is 5.92 Å². The van der Waals surface area contributed by atoms with Gasteiger partial charge in [0.2, 0.25) is 6.29 Å². The van der Waals surface area contributed by atoms with Crippen molar-refractivity contribution >= 4 is 5.91 Å². The van der Waals surface area contributed by atoms with Gasteiger partial charge in [-0.3, -0.25) is 4.79 Å². The summed E-state index contributed by atoms with van der Waals surface area (Å²) < 4.78 is 25.3. The summed E-state index contributed by atoms with van der Waals surface area (Å²) in [7, 11) is 0. The standard InChI is InChI=1S/C31H32FNO4/c1-2-36-31-27(8-5-15-34)28(18-29(37-31)30(35)33-19-20-9-12-24(32)13-10-20)22-11-14-26-23(17-22)16-21-6-3-4-7-25(21)26/h3-4,6-7,9-14,17-18,27-28,31,34H,2,5,8,15-16,19H2,1H3,(H,33,35)/t27-,28+,31+/m0/s1. The normalized spacial score (nSPS) is 20.0. The SMILES string of the molecule is CCO[C@@H]1OC(C(=O)NCc2ccc(F)cc2)=C[C@H](c2ccc3c(c2)Cc2ccccc2-3)[C@@H]1CCCO. The molecule has 0 fully saturated rings. The highest BCUT2D eigenvalue weighted by Crippen LogP contribution is 2.43. The molecule has 3 aromatic rings. The lowest BCUT2D eigenvalue weighted by atomic mass is 9.80. The minimum Gasteiger partial charge on any atom is -0.459 e. The van der Waals surface area contributed by atoms with Crippen LogP contribution in [0.2, 0.25) is 0 Å². The summed E-state index contributed by atoms with van der Waals surface area (Å²) in [5, 5.41) is 12.4. The third-order valence-electron chi connectivity index (χ3n) is 7.20. The van der Waals surface area contributed by atoms with Gasteiger partial charge < -0.3 is 19.9 Å². The number of carbonyl (C=O) groups is 1. The molecule has 1 amide bonds. The molecule has 5 rings (SSSR count). The lowest BCUT2D eigenvalue weighted by Crippen LogP contribution is -2.39. The second kappa shape index (κ2) is 11.3. The number of fused-ring (bicyclic) bond motifs is 3. The Bertz CT molecular complexity index is 1290. The number of aliphatic hydroxyl groups is 1. The van der Waals surface area contributed by atoms with Crippen LogP contribution in [0.25, 0.3) is 11.1 Å². The van der Waals surface area contributed by atoms with Gasteiger partial charge in [-0.25, -0.2) is 4.39 Å². The fraction of sp³-hybridized carbons (Fsp3) is 0.323. The smallest absolute Gasteiger partial charge is 0.286 e. The summed E-state index contributed by atoms with van der Waals surface area (Å²) in [6, 6.07) is 21.0. The number of aliphatic hydroxyl groups excluding tert-OH is 1. The summed E-state index contributed by atoms with van der Waals surface area (Å²) in [5.74, 6) is -0.607. The van der Waals surface area contributed by atoms with Crippen LogP contribution in [0.5, 0.6) is 0 Å². The average Bonchev–Trinajstić information content (AvgIpc) is 3.29. The van der Waals surface area contributed by atoms with Crippen LogP contribution in [-0.2, 0) is 27.2 Å². The molecule has 2 N–H and O–H groups in total. The van der Waals surface area contributed by atoms with E-state index in [4.69, 9.17) is 9.47 Å². The molecular weight excluding hydrogens is 469 g/mol. The van der Waals surface area contributed by atoms with E-state index in [0.717, 1.165) is 17.5 Å². The van der Waals surface area contributed by atoms with Crippen LogP contribution in [0.4, 0.5) is 4.39 Å². The van der Waals surface area contributed by atoms with E-state index in [-0.39, 0.29) is 42.5 Å². The maximum absolute atomic E-state index is 13.2. The van der Waals surface area contributed by atoms with Crippen LogP contribution in [0.1, 0.15) is 47.9 Å². The molecule has 2 aliphatic rings. The molecule has 6 heteroatoms. The van der Waals surface area contributed by atoms with Crippen molar-refractivity contribution in [3.63, 3.8) is 0 Å². The molecule has 0 bridgehead atoms. The van der Waals surface area contributed by atoms with Gasteiger partial charge in [0.25, 0.3) is 5.91 Å². The lowest BCUT2D eigenvalue weighted by molar-refractivity contribution is -0.166. The number of nitrogens with one attached hydrogen (secondary N) is 1. The van der Waals surface area contributed by atoms with E-state index in [1.165, 1.54) is 34.4 Å². The van der Waals surface area contributed by atoms with Gasteiger partial charge >= 0.3 is 0 Å². The molecule has 1 heterocycles. The molecule has 0 saturated carbocycles. The summed E-state index contributed by atoms with van der Waals surface area (Å²) in [5.41, 5.74) is 7.02. The van der Waals surface area contributed by atoms with E-state index in [0.29, 0.717) is 19.4 Å². The number of rotatable bonds is 9. The maximum Gasteiger partial charge on any atom is 0.286 e. The van der Waals surface area contributed by atoms with Crippen LogP contribution in [0, 0.1) is 11.7 Å². The Morgan fingerprint density at radius 1 is 1.08 bits per heavy atom. The van der Waals surface area contributed by atoms with E-state index >= 15 is 0 Å². The molecule has 1 aliphatic carbocycles. The topological polar surface area (TPSA) is 67.8 Å². The first kappa shape index (κ1) is 25.2. The van der Waals surface area contributed by atoms with Crippen LogP contribution in [-0.4, -0.2) is 30.5 Å². The zero-order valence-corrected chi connectivity index (χ0v) is 21.0. The lowest BCUT2D eigenvalue weighted by Gasteiger charge is -2.37. The Hall–Kier alpha value is -3.48. The Morgan fingerprint density at radius 3 is 2.65 bits per heavy atom. The van der Waals surface area contributed by atoms with Crippen molar-refractivity contribution in [1.82, 2.24) is 5.32 Å². The molecule has 0 radical (unpaired) electrons. The molecule has 3 atom stereocenters. The van der Waals surface area contributed by atoms with Crippen molar-refractivity contribution < 1.29 is 23.8 Å². The first-order valence-corrected chi connectivity index (χ1v) is 12.9. The minimum atomic E-state index is -0.608. The molecule has 0 spiro atoms. The quantitative estimate of drug-likeness (QED) is 0.320. The van der Waals surface area contributed by atoms with Gasteiger partial charge in [-0.15, -0.1) is 0 Å². The highest BCUT2D eigenvalue weighted by molar-refractivity contribution is 5.91. The molecule has 192 valence electrons. The Labute approximate surface area is 216 Å². The Balaban J connectivity index is 1.44. The van der Waals surface area contributed by atoms with Crippen LogP contribution in [0.3, 0.4) is 0 Å². The maximum atomic E-state index is 13.2. The molecule has 1 aliphatic heterocycles. The minimum absolute atomic E-state index is 0.0532. The van der Waals surface area contributed by atoms with E-state index in [1.54, 1.807) is 12.1 Å². The fourth-order valence-electron chi connectivity index (χ4n) is 5.39. The van der Waals surface area contributed by atoms with E-state index in [1.807, 2.05) is 13.0 Å². The molecule has 5 nitrogen and oxygen atoms in total. The predicted octanol–water partition coefficient (Wildman–Crippen LogP) is 5.46. The summed E-state index contributed by atoms with van der Waals surface area (Å²) in [6.07, 6.45) is 3.48. The average molecular weight is 502 g/mol. The van der Waals surface area contributed by atoms with Crippen LogP contribution in [0.15, 0.2) is 78.6 Å². The van der Waals surface area contributed by atoms with Crippen molar-refractivity contribution in [3.8, 4) is 11.1 Å². The fourth-order valence-corrected chi connectivity index (χ4v) is 5.39. The van der Waals surface area contributed by atoms with Gasteiger partial charge in [-0.05, 0) is 77.8 Å². The molecule has 0 unspecified atom stereocenters. The number of amides is 1. The number of halogens is 1. The van der Waals surface area contributed by atoms with E-state index in [9.17, 15) is 14.3 Å². The van der Waals surface area contributed by atoms with Gasteiger partial charge in [0, 0.05) is 31.6 Å². The number of benzene rings is 3. The highest BCUT2D eigenvalue weighted by atomic mass is 19.1. The number of allylic oxidation sites excluding steroid dienone is 1.